The summed E-state index contributed by atoms with van der Waals surface area (Å²) in [5.74, 6) is -0.399. The number of nitrogens with zero attached hydrogens (tertiary/aromatic N) is 1. The Hall–Kier alpha value is -2.04. The smallest absolute Gasteiger partial charge is 0.307 e. The number of halogens is 2. The first-order valence-corrected chi connectivity index (χ1v) is 6.86. The van der Waals surface area contributed by atoms with E-state index in [1.54, 1.807) is 48.5 Å². The quantitative estimate of drug-likeness (QED) is 0.879. The average molecular weight is 323 g/mol. The fraction of sp³-hybridized carbons (Fsp3) is 0.0667. The molecule has 3 amide bonds. The van der Waals surface area contributed by atoms with Crippen LogP contribution in [0.25, 0.3) is 0 Å². The predicted octanol–water partition coefficient (Wildman–Crippen LogP) is 4.58. The first-order valence-electron chi connectivity index (χ1n) is 6.10. The Morgan fingerprint density at radius 1 is 0.905 bits per heavy atom. The van der Waals surface area contributed by atoms with Gasteiger partial charge in [0.1, 0.15) is 0 Å². The van der Waals surface area contributed by atoms with Gasteiger partial charge in [-0.3, -0.25) is 4.79 Å². The van der Waals surface area contributed by atoms with Crippen LogP contribution in [0.4, 0.5) is 16.2 Å². The Kier molecular flexibility index (Phi) is 4.83. The van der Waals surface area contributed by atoms with Gasteiger partial charge in [0.25, 0.3) is 0 Å². The van der Waals surface area contributed by atoms with Gasteiger partial charge in [0.2, 0.25) is 5.91 Å². The molecule has 0 heterocycles. The third-order valence-corrected chi connectivity index (χ3v) is 3.20. The van der Waals surface area contributed by atoms with Crippen LogP contribution in [0.5, 0.6) is 0 Å². The lowest BCUT2D eigenvalue weighted by atomic mass is 10.3. The summed E-state index contributed by atoms with van der Waals surface area (Å²) >= 11 is 11.6. The summed E-state index contributed by atoms with van der Waals surface area (Å²) in [5, 5.41) is 3.73. The van der Waals surface area contributed by atoms with E-state index in [0.717, 1.165) is 4.90 Å². The van der Waals surface area contributed by atoms with E-state index >= 15 is 0 Å². The molecule has 0 saturated heterocycles. The Morgan fingerprint density at radius 2 is 1.38 bits per heavy atom. The second-order valence-electron chi connectivity index (χ2n) is 4.27. The van der Waals surface area contributed by atoms with Crippen molar-refractivity contribution in [2.24, 2.45) is 0 Å². The van der Waals surface area contributed by atoms with Gasteiger partial charge in [0, 0.05) is 22.7 Å². The number of carbonyl (C=O) groups is 2. The summed E-state index contributed by atoms with van der Waals surface area (Å²) < 4.78 is 0. The Bertz CT molecular complexity index is 654. The maximum absolute atomic E-state index is 12.3. The van der Waals surface area contributed by atoms with Crippen LogP contribution in [-0.4, -0.2) is 11.9 Å². The van der Waals surface area contributed by atoms with E-state index in [1.807, 2.05) is 0 Å². The van der Waals surface area contributed by atoms with Crippen molar-refractivity contribution >= 4 is 46.5 Å². The molecule has 0 atom stereocenters. The number of urea groups is 1. The lowest BCUT2D eigenvalue weighted by Gasteiger charge is -2.20. The van der Waals surface area contributed by atoms with Crippen molar-refractivity contribution in [1.82, 2.24) is 0 Å². The van der Waals surface area contributed by atoms with Gasteiger partial charge in [-0.05, 0) is 48.5 Å². The standard InChI is InChI=1S/C15H12Cl2N2O2/c1-10(20)19(14-8-4-12(17)5-9-14)15(21)18-13-6-2-11(16)3-7-13/h2-9H,1H3,(H,18,21). The molecule has 0 aliphatic rings. The Balaban J connectivity index is 2.22. The fourth-order valence-corrected chi connectivity index (χ4v) is 2.00. The van der Waals surface area contributed by atoms with Crippen LogP contribution in [0.15, 0.2) is 48.5 Å². The monoisotopic (exact) mass is 322 g/mol. The highest BCUT2D eigenvalue weighted by Gasteiger charge is 2.20. The van der Waals surface area contributed by atoms with Crippen LogP contribution in [-0.2, 0) is 4.79 Å². The van der Waals surface area contributed by atoms with E-state index in [1.165, 1.54) is 6.92 Å². The minimum absolute atomic E-state index is 0.399. The number of carbonyl (C=O) groups excluding carboxylic acids is 2. The lowest BCUT2D eigenvalue weighted by Crippen LogP contribution is -2.38. The third kappa shape index (κ3) is 3.97. The van der Waals surface area contributed by atoms with Crippen LogP contribution in [0.1, 0.15) is 6.92 Å². The molecule has 0 fully saturated rings. The highest BCUT2D eigenvalue weighted by molar-refractivity contribution is 6.31. The van der Waals surface area contributed by atoms with Crippen molar-refractivity contribution in [1.29, 1.82) is 0 Å². The third-order valence-electron chi connectivity index (χ3n) is 2.70. The Morgan fingerprint density at radius 3 is 1.86 bits per heavy atom. The second kappa shape index (κ2) is 6.61. The molecular weight excluding hydrogens is 311 g/mol. The second-order valence-corrected chi connectivity index (χ2v) is 5.14. The van der Waals surface area contributed by atoms with E-state index in [9.17, 15) is 9.59 Å². The van der Waals surface area contributed by atoms with E-state index in [4.69, 9.17) is 23.2 Å². The summed E-state index contributed by atoms with van der Waals surface area (Å²) in [6.45, 7) is 1.32. The molecule has 2 aromatic rings. The van der Waals surface area contributed by atoms with Gasteiger partial charge in [-0.1, -0.05) is 23.2 Å². The molecule has 108 valence electrons. The van der Waals surface area contributed by atoms with Gasteiger partial charge in [-0.25, -0.2) is 9.69 Å². The molecule has 0 unspecified atom stereocenters. The van der Waals surface area contributed by atoms with E-state index in [0.29, 0.717) is 21.4 Å². The Labute approximate surface area is 132 Å². The van der Waals surface area contributed by atoms with Crippen LogP contribution >= 0.6 is 23.2 Å². The molecule has 6 heteroatoms. The number of hydrogen-bond acceptors (Lipinski definition) is 2. The van der Waals surface area contributed by atoms with Crippen LogP contribution in [0, 0.1) is 0 Å². The molecule has 1 N–H and O–H groups in total. The normalized spacial score (nSPS) is 10.0. The van der Waals surface area contributed by atoms with Crippen molar-refractivity contribution in [3.63, 3.8) is 0 Å². The van der Waals surface area contributed by atoms with E-state index in [2.05, 4.69) is 5.32 Å². The summed E-state index contributed by atoms with van der Waals surface area (Å²) in [7, 11) is 0. The van der Waals surface area contributed by atoms with Gasteiger partial charge in [-0.15, -0.1) is 0 Å². The number of nitrogens with one attached hydrogen (secondary N) is 1. The van der Waals surface area contributed by atoms with Crippen LogP contribution < -0.4 is 10.2 Å². The first-order chi connectivity index (χ1) is 9.97. The fourth-order valence-electron chi connectivity index (χ4n) is 1.74. The molecule has 2 aromatic carbocycles. The first kappa shape index (κ1) is 15.4. The van der Waals surface area contributed by atoms with Crippen molar-refractivity contribution in [3.05, 3.63) is 58.6 Å². The zero-order valence-electron chi connectivity index (χ0n) is 11.1. The van der Waals surface area contributed by atoms with E-state index in [-0.39, 0.29) is 0 Å². The van der Waals surface area contributed by atoms with Crippen molar-refractivity contribution in [3.8, 4) is 0 Å². The maximum Gasteiger partial charge on any atom is 0.333 e. The van der Waals surface area contributed by atoms with Crippen molar-refractivity contribution in [2.45, 2.75) is 6.92 Å². The van der Waals surface area contributed by atoms with Crippen molar-refractivity contribution in [2.75, 3.05) is 10.2 Å². The summed E-state index contributed by atoms with van der Waals surface area (Å²) in [6, 6.07) is 12.5. The molecule has 0 aliphatic heterocycles. The summed E-state index contributed by atoms with van der Waals surface area (Å²) in [4.78, 5) is 25.0. The number of benzene rings is 2. The maximum atomic E-state index is 12.3. The number of hydrogen-bond donors (Lipinski definition) is 1. The highest BCUT2D eigenvalue weighted by atomic mass is 35.5. The number of imide groups is 1. The number of rotatable bonds is 2. The molecule has 0 spiro atoms. The minimum Gasteiger partial charge on any atom is -0.307 e. The molecule has 0 saturated carbocycles. The topological polar surface area (TPSA) is 49.4 Å². The van der Waals surface area contributed by atoms with Gasteiger partial charge < -0.3 is 5.32 Å². The molecular formula is C15H12Cl2N2O2. The zero-order chi connectivity index (χ0) is 15.4. The van der Waals surface area contributed by atoms with Crippen LogP contribution in [0.3, 0.4) is 0 Å². The zero-order valence-corrected chi connectivity index (χ0v) is 12.7. The van der Waals surface area contributed by atoms with E-state index < -0.39 is 11.9 Å². The molecule has 0 aliphatic carbocycles. The largest absolute Gasteiger partial charge is 0.333 e. The van der Waals surface area contributed by atoms with Crippen molar-refractivity contribution < 1.29 is 9.59 Å². The SMILES string of the molecule is CC(=O)N(C(=O)Nc1ccc(Cl)cc1)c1ccc(Cl)cc1. The summed E-state index contributed by atoms with van der Waals surface area (Å²) in [6.07, 6.45) is 0. The molecule has 21 heavy (non-hydrogen) atoms. The van der Waals surface area contributed by atoms with Gasteiger partial charge in [0.05, 0.1) is 5.69 Å². The number of amides is 3. The lowest BCUT2D eigenvalue weighted by molar-refractivity contribution is -0.115. The predicted molar refractivity (Wildman–Crippen MR) is 85.1 cm³/mol. The summed E-state index contributed by atoms with van der Waals surface area (Å²) in [5.41, 5.74) is 0.989. The average Bonchev–Trinajstić information content (AvgIpc) is 2.43. The van der Waals surface area contributed by atoms with Gasteiger partial charge >= 0.3 is 6.03 Å². The van der Waals surface area contributed by atoms with Crippen LogP contribution in [0.2, 0.25) is 10.0 Å². The minimum atomic E-state index is -0.549. The van der Waals surface area contributed by atoms with Gasteiger partial charge in [0.15, 0.2) is 0 Å². The molecule has 0 radical (unpaired) electrons. The molecule has 4 nitrogen and oxygen atoms in total. The molecule has 0 aromatic heterocycles. The molecule has 0 bridgehead atoms. The number of anilines is 2. The highest BCUT2D eigenvalue weighted by Crippen LogP contribution is 2.20. The molecule has 2 rings (SSSR count). The van der Waals surface area contributed by atoms with Gasteiger partial charge in [-0.2, -0.15) is 0 Å².